The second kappa shape index (κ2) is 6.51. The highest BCUT2D eigenvalue weighted by atomic mass is 32.2. The molecule has 8 nitrogen and oxygen atoms in total. The molecule has 0 amide bonds. The van der Waals surface area contributed by atoms with Crippen molar-refractivity contribution in [1.82, 2.24) is 10.2 Å². The number of hydrogen-bond donors (Lipinski definition) is 1. The summed E-state index contributed by atoms with van der Waals surface area (Å²) in [6.07, 6.45) is 0. The third-order valence-electron chi connectivity index (χ3n) is 2.71. The lowest BCUT2D eigenvalue weighted by Crippen LogP contribution is -2.34. The molecule has 1 aromatic heterocycles. The molecule has 0 spiro atoms. The van der Waals surface area contributed by atoms with Gasteiger partial charge >= 0.3 is 0 Å². The first-order valence-corrected chi connectivity index (χ1v) is 10.4. The number of rotatable bonds is 6. The summed E-state index contributed by atoms with van der Waals surface area (Å²) in [5.41, 5.74) is 0. The molecule has 0 saturated carbocycles. The maximum atomic E-state index is 12.8. The molecule has 0 fully saturated rings. The fourth-order valence-electron chi connectivity index (χ4n) is 1.75. The summed E-state index contributed by atoms with van der Waals surface area (Å²) in [4.78, 5) is 0.0907. The monoisotopic (exact) mass is 376 g/mol. The van der Waals surface area contributed by atoms with Crippen LogP contribution in [-0.2, 0) is 20.0 Å². The van der Waals surface area contributed by atoms with Gasteiger partial charge < -0.3 is 0 Å². The average Bonchev–Trinajstić information content (AvgIpc) is 2.95. The lowest BCUT2D eigenvalue weighted by Gasteiger charge is -2.22. The van der Waals surface area contributed by atoms with E-state index in [-0.39, 0.29) is 22.5 Å². The van der Waals surface area contributed by atoms with Crippen molar-refractivity contribution < 1.29 is 16.8 Å². The van der Waals surface area contributed by atoms with Crippen LogP contribution < -0.4 is 9.44 Å². The Hall–Kier alpha value is -1.56. The smallest absolute Gasteiger partial charge is 0.239 e. The van der Waals surface area contributed by atoms with Crippen LogP contribution in [0, 0.1) is 5.92 Å². The summed E-state index contributed by atoms with van der Waals surface area (Å²) in [6, 6.07) is 7.84. The van der Waals surface area contributed by atoms with Gasteiger partial charge in [0.1, 0.15) is 0 Å². The van der Waals surface area contributed by atoms with Crippen LogP contribution in [0.3, 0.4) is 0 Å². The Kier molecular flexibility index (Phi) is 5.04. The van der Waals surface area contributed by atoms with Gasteiger partial charge in [-0.3, -0.25) is 0 Å². The third-order valence-corrected chi connectivity index (χ3v) is 6.86. The molecular weight excluding hydrogens is 360 g/mol. The molecule has 2 N–H and O–H groups in total. The molecule has 0 unspecified atom stereocenters. The molecule has 0 bridgehead atoms. The normalized spacial score (nSPS) is 12.5. The van der Waals surface area contributed by atoms with Gasteiger partial charge in [-0.1, -0.05) is 43.4 Å². The van der Waals surface area contributed by atoms with Crippen LogP contribution in [0.1, 0.15) is 13.8 Å². The van der Waals surface area contributed by atoms with E-state index in [4.69, 9.17) is 5.14 Å². The highest BCUT2D eigenvalue weighted by Crippen LogP contribution is 2.29. The van der Waals surface area contributed by atoms with Crippen molar-refractivity contribution in [3.63, 3.8) is 0 Å². The molecule has 0 radical (unpaired) electrons. The molecular formula is C12H16N4O4S3. The summed E-state index contributed by atoms with van der Waals surface area (Å²) in [5, 5.41) is 12.1. The summed E-state index contributed by atoms with van der Waals surface area (Å²) < 4.78 is 48.9. The second-order valence-electron chi connectivity index (χ2n) is 5.14. The lowest BCUT2D eigenvalue weighted by atomic mass is 10.2. The zero-order valence-corrected chi connectivity index (χ0v) is 14.9. The van der Waals surface area contributed by atoms with Gasteiger partial charge in [-0.25, -0.2) is 26.3 Å². The van der Waals surface area contributed by atoms with Crippen LogP contribution >= 0.6 is 11.3 Å². The molecule has 23 heavy (non-hydrogen) atoms. The van der Waals surface area contributed by atoms with Crippen LogP contribution in [0.25, 0.3) is 0 Å². The van der Waals surface area contributed by atoms with Gasteiger partial charge in [-0.05, 0) is 18.1 Å². The number of hydrogen-bond acceptors (Lipinski definition) is 7. The lowest BCUT2D eigenvalue weighted by molar-refractivity contribution is 0.577. The molecule has 2 aromatic rings. The Labute approximate surface area is 139 Å². The number of aromatic nitrogens is 2. The maximum Gasteiger partial charge on any atom is 0.267 e. The van der Waals surface area contributed by atoms with Gasteiger partial charge in [0.25, 0.3) is 20.0 Å². The average molecular weight is 376 g/mol. The Morgan fingerprint density at radius 2 is 1.74 bits per heavy atom. The fourth-order valence-corrected chi connectivity index (χ4v) is 4.99. The second-order valence-corrected chi connectivity index (χ2v) is 9.69. The summed E-state index contributed by atoms with van der Waals surface area (Å²) in [6.45, 7) is 3.82. The van der Waals surface area contributed by atoms with Crippen molar-refractivity contribution in [3.8, 4) is 0 Å². The molecule has 0 atom stereocenters. The molecule has 2 rings (SSSR count). The van der Waals surface area contributed by atoms with Crippen LogP contribution in [0.15, 0.2) is 39.6 Å². The standard InChI is InChI=1S/C12H16N4O4S3/c1-9(2)8-16(11-14-15-12(21-11)22(13,17)18)23(19,20)10-6-4-3-5-7-10/h3-7,9H,8H2,1-2H3,(H2,13,17,18). The van der Waals surface area contributed by atoms with E-state index in [1.165, 1.54) is 12.1 Å². The molecule has 11 heteroatoms. The first-order chi connectivity index (χ1) is 10.6. The molecule has 0 saturated heterocycles. The van der Waals surface area contributed by atoms with E-state index in [1.54, 1.807) is 18.2 Å². The first kappa shape index (κ1) is 17.8. The van der Waals surface area contributed by atoms with Gasteiger partial charge in [-0.2, -0.15) is 0 Å². The van der Waals surface area contributed by atoms with Crippen molar-refractivity contribution in [2.75, 3.05) is 10.8 Å². The third kappa shape index (κ3) is 4.05. The maximum absolute atomic E-state index is 12.8. The van der Waals surface area contributed by atoms with Crippen molar-refractivity contribution in [3.05, 3.63) is 30.3 Å². The quantitative estimate of drug-likeness (QED) is 0.803. The number of nitrogens with two attached hydrogens (primary N) is 1. The zero-order chi connectivity index (χ0) is 17.3. The van der Waals surface area contributed by atoms with Crippen molar-refractivity contribution in [1.29, 1.82) is 0 Å². The van der Waals surface area contributed by atoms with Gasteiger partial charge in [0, 0.05) is 6.54 Å². The van der Waals surface area contributed by atoms with Crippen molar-refractivity contribution >= 4 is 36.5 Å². The van der Waals surface area contributed by atoms with Crippen LogP contribution in [0.5, 0.6) is 0 Å². The largest absolute Gasteiger partial charge is 0.267 e. The number of anilines is 1. The Morgan fingerprint density at radius 3 is 2.22 bits per heavy atom. The van der Waals surface area contributed by atoms with Gasteiger partial charge in [0.05, 0.1) is 4.90 Å². The van der Waals surface area contributed by atoms with E-state index >= 15 is 0 Å². The van der Waals surface area contributed by atoms with Crippen LogP contribution in [-0.4, -0.2) is 33.6 Å². The van der Waals surface area contributed by atoms with E-state index in [9.17, 15) is 16.8 Å². The minimum absolute atomic E-state index is 0.00433. The molecule has 1 aromatic carbocycles. The van der Waals surface area contributed by atoms with Gasteiger partial charge in [-0.15, -0.1) is 10.2 Å². The Bertz CT molecular complexity index is 876. The molecule has 126 valence electrons. The van der Waals surface area contributed by atoms with E-state index in [0.29, 0.717) is 11.3 Å². The molecule has 1 heterocycles. The fraction of sp³-hybridized carbons (Fsp3) is 0.333. The highest BCUT2D eigenvalue weighted by Gasteiger charge is 2.29. The first-order valence-electron chi connectivity index (χ1n) is 6.56. The SMILES string of the molecule is CC(C)CN(c1nnc(S(N)(=O)=O)s1)S(=O)(=O)c1ccccc1. The highest BCUT2D eigenvalue weighted by molar-refractivity contribution is 7.93. The minimum atomic E-state index is -4.03. The number of nitrogens with zero attached hydrogens (tertiary/aromatic N) is 3. The number of sulfonamides is 2. The molecule has 0 aliphatic carbocycles. The number of benzene rings is 1. The van der Waals surface area contributed by atoms with E-state index in [1.807, 2.05) is 13.8 Å². The molecule has 0 aliphatic heterocycles. The topological polar surface area (TPSA) is 123 Å². The summed E-state index contributed by atoms with van der Waals surface area (Å²) >= 11 is 0.623. The number of primary sulfonamides is 1. The van der Waals surface area contributed by atoms with E-state index in [2.05, 4.69) is 10.2 Å². The summed E-state index contributed by atoms with van der Waals surface area (Å²) in [7, 11) is -7.91. The zero-order valence-electron chi connectivity index (χ0n) is 12.4. The predicted octanol–water partition coefficient (Wildman–Crippen LogP) is 1.04. The van der Waals surface area contributed by atoms with Crippen molar-refractivity contribution in [2.24, 2.45) is 11.1 Å². The Morgan fingerprint density at radius 1 is 1.13 bits per heavy atom. The van der Waals surface area contributed by atoms with Gasteiger partial charge in [0.2, 0.25) is 9.47 Å². The Balaban J connectivity index is 2.52. The van der Waals surface area contributed by atoms with E-state index < -0.39 is 24.4 Å². The van der Waals surface area contributed by atoms with Crippen LogP contribution in [0.4, 0.5) is 5.13 Å². The minimum Gasteiger partial charge on any atom is -0.239 e. The predicted molar refractivity (Wildman–Crippen MR) is 87.1 cm³/mol. The van der Waals surface area contributed by atoms with Gasteiger partial charge in [0.15, 0.2) is 0 Å². The van der Waals surface area contributed by atoms with Crippen molar-refractivity contribution in [2.45, 2.75) is 23.1 Å². The molecule has 0 aliphatic rings. The summed E-state index contributed by atoms with van der Waals surface area (Å²) in [5.74, 6) is -0.00433. The van der Waals surface area contributed by atoms with E-state index in [0.717, 1.165) is 4.31 Å². The van der Waals surface area contributed by atoms with Crippen LogP contribution in [0.2, 0.25) is 0 Å².